The molecule has 0 saturated carbocycles. The molecule has 0 bridgehead atoms. The number of hydrogen-bond acceptors (Lipinski definition) is 8. The van der Waals surface area contributed by atoms with Crippen LogP contribution in [-0.2, 0) is 29.9 Å². The summed E-state index contributed by atoms with van der Waals surface area (Å²) in [4.78, 5) is 41.5. The largest absolute Gasteiger partial charge is 0.479 e. The molecule has 2 aliphatic heterocycles. The first kappa shape index (κ1) is 28.6. The number of benzene rings is 3. The third-order valence-corrected chi connectivity index (χ3v) is 8.75. The van der Waals surface area contributed by atoms with Gasteiger partial charge < -0.3 is 25.2 Å². The number of carbonyl (C=O) groups is 3. The predicted molar refractivity (Wildman–Crippen MR) is 147 cm³/mol. The predicted octanol–water partition coefficient (Wildman–Crippen LogP) is 1.10. The molecule has 2 aliphatic rings. The van der Waals surface area contributed by atoms with Crippen LogP contribution in [0.25, 0.3) is 0 Å². The van der Waals surface area contributed by atoms with Crippen LogP contribution in [0.1, 0.15) is 6.42 Å². The zero-order chi connectivity index (χ0) is 29.3. The first-order chi connectivity index (χ1) is 19.7. The van der Waals surface area contributed by atoms with Gasteiger partial charge in [0.2, 0.25) is 0 Å². The zero-order valence-electron chi connectivity index (χ0n) is 21.6. The monoisotopic (exact) mass is 580 g/mol. The summed E-state index contributed by atoms with van der Waals surface area (Å²) in [6, 6.07) is 24.8. The second-order valence-electron chi connectivity index (χ2n) is 9.78. The summed E-state index contributed by atoms with van der Waals surface area (Å²) in [5, 5.41) is 44.0. The van der Waals surface area contributed by atoms with Gasteiger partial charge in [0.15, 0.2) is 11.5 Å². The lowest BCUT2D eigenvalue weighted by Gasteiger charge is -2.44. The van der Waals surface area contributed by atoms with Gasteiger partial charge in [-0.15, -0.1) is 0 Å². The molecule has 5 rings (SSSR count). The number of carboxylic acids is 1. The summed E-state index contributed by atoms with van der Waals surface area (Å²) in [5.74, 6) is -3.65. The van der Waals surface area contributed by atoms with Gasteiger partial charge in [0.05, 0.1) is 22.2 Å². The number of para-hydroxylation sites is 2. The van der Waals surface area contributed by atoms with Crippen molar-refractivity contribution in [2.75, 3.05) is 15.8 Å². The third kappa shape index (κ3) is 4.94. The number of ether oxygens (including phenoxy) is 1. The van der Waals surface area contributed by atoms with Gasteiger partial charge in [-0.05, 0) is 42.8 Å². The molecule has 0 aromatic heterocycles. The van der Waals surface area contributed by atoms with Crippen LogP contribution < -0.4 is 10.0 Å². The van der Waals surface area contributed by atoms with E-state index < -0.39 is 70.9 Å². The number of amides is 2. The Morgan fingerprint density at radius 2 is 1.22 bits per heavy atom. The Morgan fingerprint density at radius 1 is 0.756 bits per heavy atom. The van der Waals surface area contributed by atoms with Crippen molar-refractivity contribution >= 4 is 40.0 Å². The van der Waals surface area contributed by atoms with Crippen LogP contribution in [0.4, 0.5) is 11.4 Å². The van der Waals surface area contributed by atoms with Gasteiger partial charge in [-0.1, -0.05) is 54.6 Å². The molecule has 3 aromatic rings. The van der Waals surface area contributed by atoms with Gasteiger partial charge in [-0.3, -0.25) is 13.8 Å². The average molecular weight is 581 g/mol. The van der Waals surface area contributed by atoms with Crippen molar-refractivity contribution in [1.82, 2.24) is 0 Å². The number of hydrogen-bond donors (Lipinski definition) is 4. The number of aliphatic hydroxyl groups excluding tert-OH is 3. The third-order valence-electron chi connectivity index (χ3n) is 7.38. The maximum Gasteiger partial charge on any atom is 0.335 e. The summed E-state index contributed by atoms with van der Waals surface area (Å²) in [6.07, 6.45) is -10.5. The summed E-state index contributed by atoms with van der Waals surface area (Å²) < 4.78 is 18.9. The van der Waals surface area contributed by atoms with Crippen molar-refractivity contribution in [3.63, 3.8) is 0 Å². The van der Waals surface area contributed by atoms with E-state index >= 15 is 0 Å². The molecule has 11 nitrogen and oxygen atoms in total. The van der Waals surface area contributed by atoms with Crippen molar-refractivity contribution in [3.8, 4) is 0 Å². The Hall–Kier alpha value is -3.94. The van der Waals surface area contributed by atoms with Crippen molar-refractivity contribution in [2.45, 2.75) is 41.8 Å². The zero-order valence-corrected chi connectivity index (χ0v) is 22.4. The van der Waals surface area contributed by atoms with Gasteiger partial charge in [0, 0.05) is 10.6 Å². The number of anilines is 2. The maximum absolute atomic E-state index is 14.6. The van der Waals surface area contributed by atoms with Crippen LogP contribution in [0.15, 0.2) is 95.9 Å². The van der Waals surface area contributed by atoms with Crippen LogP contribution >= 0.6 is 0 Å². The molecular weight excluding hydrogens is 552 g/mol. The minimum Gasteiger partial charge on any atom is -0.479 e. The van der Waals surface area contributed by atoms with E-state index in [9.17, 15) is 39.0 Å². The molecular formula is C29H28N2O9S. The summed E-state index contributed by atoms with van der Waals surface area (Å²) >= 11 is 0. The van der Waals surface area contributed by atoms with E-state index in [-0.39, 0.29) is 5.75 Å². The van der Waals surface area contributed by atoms with E-state index in [1.165, 1.54) is 0 Å². The van der Waals surface area contributed by atoms with E-state index in [1.807, 2.05) is 0 Å². The lowest BCUT2D eigenvalue weighted by molar-refractivity contribution is -0.246. The maximum atomic E-state index is 14.6. The first-order valence-corrected chi connectivity index (χ1v) is 14.2. The molecule has 0 aliphatic carbocycles. The molecule has 6 atom stereocenters. The fourth-order valence-electron chi connectivity index (χ4n) is 5.29. The van der Waals surface area contributed by atoms with Gasteiger partial charge in [-0.2, -0.15) is 0 Å². The molecule has 12 heteroatoms. The van der Waals surface area contributed by atoms with E-state index in [2.05, 4.69) is 0 Å². The Balaban J connectivity index is 1.67. The molecule has 2 heterocycles. The second kappa shape index (κ2) is 11.5. The standard InChI is InChI=1S/C29H28N2O9S/c32-21-22(33)24(26(35)36)40-25(23(21)34)29(16-17-41(39)20-14-8-3-9-15-20)27(37)30(18-10-4-1-5-11-18)31(28(29)38)19-12-6-2-7-13-19/h1-15,21-25,32-34H,16-17H2,(H,35,36)/t21-,22-,23+,24-,25?,41?/m0/s1. The molecule has 2 saturated heterocycles. The Labute approximate surface area is 237 Å². The molecule has 0 radical (unpaired) electrons. The van der Waals surface area contributed by atoms with Crippen LogP contribution in [0.3, 0.4) is 0 Å². The van der Waals surface area contributed by atoms with E-state index in [4.69, 9.17) is 4.74 Å². The second-order valence-corrected chi connectivity index (χ2v) is 11.3. The highest BCUT2D eigenvalue weighted by Crippen LogP contribution is 2.47. The highest BCUT2D eigenvalue weighted by atomic mass is 32.2. The lowest BCUT2D eigenvalue weighted by atomic mass is 9.73. The smallest absolute Gasteiger partial charge is 0.335 e. The SMILES string of the molecule is O=C(O)[C@H]1OC(C2(CCS(=O)c3ccccc3)C(=O)N(c3ccccc3)N(c3ccccc3)C2=O)[C@H](O)[C@@H](O)[C@@H]1O. The average Bonchev–Trinajstić information content (AvgIpc) is 3.22. The first-order valence-electron chi connectivity index (χ1n) is 12.8. The lowest BCUT2D eigenvalue weighted by Crippen LogP contribution is -2.66. The van der Waals surface area contributed by atoms with Crippen molar-refractivity contribution in [3.05, 3.63) is 91.0 Å². The van der Waals surface area contributed by atoms with E-state index in [0.29, 0.717) is 16.3 Å². The van der Waals surface area contributed by atoms with Crippen LogP contribution in [-0.4, -0.2) is 78.7 Å². The Kier molecular flexibility index (Phi) is 8.02. The number of aliphatic carboxylic acids is 1. The molecule has 3 aromatic carbocycles. The minimum absolute atomic E-state index is 0.240. The topological polar surface area (TPSA) is 165 Å². The van der Waals surface area contributed by atoms with Gasteiger partial charge >= 0.3 is 5.97 Å². The van der Waals surface area contributed by atoms with E-state index in [1.54, 1.807) is 91.0 Å². The van der Waals surface area contributed by atoms with Gasteiger partial charge in [-0.25, -0.2) is 14.8 Å². The normalized spacial score (nSPS) is 26.7. The summed E-state index contributed by atoms with van der Waals surface area (Å²) in [6.45, 7) is 0. The number of aliphatic hydroxyl groups is 3. The molecule has 2 fully saturated rings. The molecule has 2 unspecified atom stereocenters. The molecule has 41 heavy (non-hydrogen) atoms. The molecule has 214 valence electrons. The van der Waals surface area contributed by atoms with E-state index in [0.717, 1.165) is 10.0 Å². The summed E-state index contributed by atoms with van der Waals surface area (Å²) in [5.41, 5.74) is -1.74. The fourth-order valence-corrected chi connectivity index (χ4v) is 6.49. The van der Waals surface area contributed by atoms with Crippen LogP contribution in [0, 0.1) is 5.41 Å². The number of carboxylic acid groups (broad SMARTS) is 1. The van der Waals surface area contributed by atoms with Gasteiger partial charge in [0.25, 0.3) is 11.8 Å². The van der Waals surface area contributed by atoms with Crippen LogP contribution in [0.5, 0.6) is 0 Å². The highest BCUT2D eigenvalue weighted by molar-refractivity contribution is 7.85. The Morgan fingerprint density at radius 3 is 1.68 bits per heavy atom. The Bertz CT molecular complexity index is 1380. The fraction of sp³-hybridized carbons (Fsp3) is 0.276. The van der Waals surface area contributed by atoms with Crippen molar-refractivity contribution in [2.24, 2.45) is 5.41 Å². The number of rotatable bonds is 8. The molecule has 2 amide bonds. The number of carbonyl (C=O) groups excluding carboxylic acids is 2. The van der Waals surface area contributed by atoms with Crippen LogP contribution in [0.2, 0.25) is 0 Å². The summed E-state index contributed by atoms with van der Waals surface area (Å²) in [7, 11) is -1.70. The minimum atomic E-state index is -2.33. The number of nitrogens with zero attached hydrogens (tertiary/aromatic N) is 2. The molecule has 0 spiro atoms. The van der Waals surface area contributed by atoms with Crippen molar-refractivity contribution < 1.29 is 43.8 Å². The highest BCUT2D eigenvalue weighted by Gasteiger charge is 2.68. The van der Waals surface area contributed by atoms with Crippen molar-refractivity contribution in [1.29, 1.82) is 0 Å². The van der Waals surface area contributed by atoms with Gasteiger partial charge in [0.1, 0.15) is 24.4 Å². The quantitative estimate of drug-likeness (QED) is 0.286. The number of hydrazine groups is 1. The molecule has 4 N–H and O–H groups in total.